The molecule has 150 valence electrons. The van der Waals surface area contributed by atoms with Gasteiger partial charge in [-0.15, -0.1) is 24.8 Å². The smallest absolute Gasteiger partial charge is 0.220 e. The highest BCUT2D eigenvalue weighted by atomic mass is 35.5. The highest BCUT2D eigenvalue weighted by molar-refractivity contribution is 5.85. The molecule has 2 fully saturated rings. The van der Waals surface area contributed by atoms with Gasteiger partial charge in [0.25, 0.3) is 0 Å². The lowest BCUT2D eigenvalue weighted by molar-refractivity contribution is -0.123. The molecule has 3 rings (SSSR count). The number of aryl methyl sites for hydroxylation is 1. The van der Waals surface area contributed by atoms with Crippen molar-refractivity contribution in [2.45, 2.75) is 45.1 Å². The number of anilines is 1. The summed E-state index contributed by atoms with van der Waals surface area (Å²) in [4.78, 5) is 14.8. The fraction of sp³-hybridized carbons (Fsp3) is 0.778. The van der Waals surface area contributed by atoms with Gasteiger partial charge in [0.2, 0.25) is 5.91 Å². The fourth-order valence-corrected chi connectivity index (χ4v) is 4.06. The number of rotatable bonds is 5. The highest BCUT2D eigenvalue weighted by Crippen LogP contribution is 2.24. The summed E-state index contributed by atoms with van der Waals surface area (Å²) in [5.41, 5.74) is 1.15. The molecule has 0 radical (unpaired) electrons. The predicted octanol–water partition coefficient (Wildman–Crippen LogP) is 2.37. The molecule has 2 N–H and O–H groups in total. The minimum Gasteiger partial charge on any atom is -0.367 e. The summed E-state index contributed by atoms with van der Waals surface area (Å²) in [6.07, 6.45) is 9.20. The summed E-state index contributed by atoms with van der Waals surface area (Å²) in [6.45, 7) is 6.36. The van der Waals surface area contributed by atoms with Crippen LogP contribution in [0.3, 0.4) is 0 Å². The van der Waals surface area contributed by atoms with Gasteiger partial charge in [0.1, 0.15) is 0 Å². The second kappa shape index (κ2) is 11.0. The summed E-state index contributed by atoms with van der Waals surface area (Å²) < 4.78 is 1.83. The van der Waals surface area contributed by atoms with E-state index in [9.17, 15) is 4.79 Å². The lowest BCUT2D eigenvalue weighted by Gasteiger charge is -2.34. The van der Waals surface area contributed by atoms with Gasteiger partial charge >= 0.3 is 0 Å². The number of nitrogens with one attached hydrogen (secondary N) is 2. The van der Waals surface area contributed by atoms with Crippen LogP contribution in [0.15, 0.2) is 12.4 Å². The van der Waals surface area contributed by atoms with Gasteiger partial charge in [-0.3, -0.25) is 9.48 Å². The van der Waals surface area contributed by atoms with Crippen LogP contribution in [0, 0.1) is 11.8 Å². The van der Waals surface area contributed by atoms with E-state index in [4.69, 9.17) is 0 Å². The Bertz CT molecular complexity index is 547. The minimum atomic E-state index is 0. The van der Waals surface area contributed by atoms with Crippen molar-refractivity contribution in [2.75, 3.05) is 31.1 Å². The first kappa shape index (κ1) is 23.1. The number of aromatic nitrogens is 2. The van der Waals surface area contributed by atoms with Crippen molar-refractivity contribution in [2.24, 2.45) is 18.9 Å². The Kier molecular flexibility index (Phi) is 9.75. The SMILES string of the molecule is CC(CC(=O)NC1CCCN(c2cnn(C)c2)C1)C1CCNCC1.Cl.Cl. The molecule has 8 heteroatoms. The molecule has 2 aliphatic rings. The van der Waals surface area contributed by atoms with Crippen LogP contribution in [0.25, 0.3) is 0 Å². The summed E-state index contributed by atoms with van der Waals surface area (Å²) in [5.74, 6) is 1.39. The van der Waals surface area contributed by atoms with Crippen LogP contribution < -0.4 is 15.5 Å². The second-order valence-corrected chi connectivity index (χ2v) is 7.49. The van der Waals surface area contributed by atoms with Crippen molar-refractivity contribution < 1.29 is 4.79 Å². The van der Waals surface area contributed by atoms with Crippen LogP contribution in [0.1, 0.15) is 39.0 Å². The zero-order valence-electron chi connectivity index (χ0n) is 15.8. The Morgan fingerprint density at radius 3 is 2.73 bits per heavy atom. The van der Waals surface area contributed by atoms with E-state index in [0.717, 1.165) is 44.7 Å². The van der Waals surface area contributed by atoms with Crippen molar-refractivity contribution in [1.82, 2.24) is 20.4 Å². The molecular formula is C18H33Cl2N5O. The van der Waals surface area contributed by atoms with Crippen LogP contribution in [0.5, 0.6) is 0 Å². The number of carbonyl (C=O) groups is 1. The number of nitrogens with zero attached hydrogens (tertiary/aromatic N) is 3. The van der Waals surface area contributed by atoms with Crippen LogP contribution >= 0.6 is 24.8 Å². The van der Waals surface area contributed by atoms with Crippen LogP contribution in [-0.4, -0.2) is 47.9 Å². The molecule has 1 aromatic rings. The Balaban J connectivity index is 0.00000169. The Hall–Kier alpha value is -0.980. The quantitative estimate of drug-likeness (QED) is 0.788. The molecule has 1 amide bonds. The van der Waals surface area contributed by atoms with Gasteiger partial charge in [-0.05, 0) is 50.6 Å². The van der Waals surface area contributed by atoms with Gasteiger partial charge in [-0.1, -0.05) is 6.92 Å². The Labute approximate surface area is 169 Å². The lowest BCUT2D eigenvalue weighted by atomic mass is 9.84. The predicted molar refractivity (Wildman–Crippen MR) is 110 cm³/mol. The molecule has 0 aliphatic carbocycles. The van der Waals surface area contributed by atoms with Gasteiger partial charge in [-0.2, -0.15) is 5.10 Å². The van der Waals surface area contributed by atoms with Crippen LogP contribution in [0.4, 0.5) is 5.69 Å². The monoisotopic (exact) mass is 405 g/mol. The Morgan fingerprint density at radius 2 is 2.08 bits per heavy atom. The maximum absolute atomic E-state index is 12.4. The van der Waals surface area contributed by atoms with Crippen molar-refractivity contribution in [1.29, 1.82) is 0 Å². The molecule has 26 heavy (non-hydrogen) atoms. The second-order valence-electron chi connectivity index (χ2n) is 7.49. The summed E-state index contributed by atoms with van der Waals surface area (Å²) in [7, 11) is 1.94. The topological polar surface area (TPSA) is 62.2 Å². The van der Waals surface area contributed by atoms with E-state index >= 15 is 0 Å². The first-order valence-electron chi connectivity index (χ1n) is 9.35. The van der Waals surface area contributed by atoms with Gasteiger partial charge in [0.05, 0.1) is 11.9 Å². The lowest BCUT2D eigenvalue weighted by Crippen LogP contribution is -2.48. The molecule has 6 nitrogen and oxygen atoms in total. The average Bonchev–Trinajstić information content (AvgIpc) is 3.02. The zero-order chi connectivity index (χ0) is 16.9. The van der Waals surface area contributed by atoms with Gasteiger partial charge in [-0.25, -0.2) is 0 Å². The van der Waals surface area contributed by atoms with Crippen molar-refractivity contribution in [3.8, 4) is 0 Å². The molecule has 2 atom stereocenters. The number of amides is 1. The molecule has 2 saturated heterocycles. The number of hydrogen-bond acceptors (Lipinski definition) is 4. The molecule has 0 spiro atoms. The van der Waals surface area contributed by atoms with Gasteiger partial charge < -0.3 is 15.5 Å². The zero-order valence-corrected chi connectivity index (χ0v) is 17.5. The standard InChI is InChI=1S/C18H31N5O.2ClH/c1-14(15-5-7-19-8-6-15)10-18(24)21-16-4-3-9-23(12-16)17-11-20-22(2)13-17;;/h11,13-16,19H,3-10,12H2,1-2H3,(H,21,24);2*1H. The Morgan fingerprint density at radius 1 is 1.35 bits per heavy atom. The van der Waals surface area contributed by atoms with E-state index in [1.54, 1.807) is 0 Å². The number of piperidine rings is 2. The third-order valence-electron chi connectivity index (χ3n) is 5.54. The van der Waals surface area contributed by atoms with Crippen LogP contribution in [-0.2, 0) is 11.8 Å². The molecular weight excluding hydrogens is 373 g/mol. The maximum atomic E-state index is 12.4. The third-order valence-corrected chi connectivity index (χ3v) is 5.54. The van der Waals surface area contributed by atoms with Crippen molar-refractivity contribution in [3.63, 3.8) is 0 Å². The average molecular weight is 406 g/mol. The van der Waals surface area contributed by atoms with E-state index in [1.165, 1.54) is 12.8 Å². The number of carbonyl (C=O) groups excluding carboxylic acids is 1. The largest absolute Gasteiger partial charge is 0.367 e. The van der Waals surface area contributed by atoms with E-state index in [-0.39, 0.29) is 36.8 Å². The minimum absolute atomic E-state index is 0. The van der Waals surface area contributed by atoms with E-state index in [0.29, 0.717) is 18.3 Å². The van der Waals surface area contributed by atoms with Gasteiger partial charge in [0.15, 0.2) is 0 Å². The number of hydrogen-bond donors (Lipinski definition) is 2. The summed E-state index contributed by atoms with van der Waals surface area (Å²) in [6, 6.07) is 0.256. The fourth-order valence-electron chi connectivity index (χ4n) is 4.06. The van der Waals surface area contributed by atoms with E-state index in [1.807, 2.05) is 24.1 Å². The highest BCUT2D eigenvalue weighted by Gasteiger charge is 2.25. The van der Waals surface area contributed by atoms with E-state index in [2.05, 4.69) is 27.6 Å². The molecule has 3 heterocycles. The van der Waals surface area contributed by atoms with Gasteiger partial charge in [0, 0.05) is 38.8 Å². The first-order valence-corrected chi connectivity index (χ1v) is 9.35. The molecule has 0 bridgehead atoms. The molecule has 0 aromatic carbocycles. The summed E-state index contributed by atoms with van der Waals surface area (Å²) in [5, 5.41) is 10.9. The molecule has 2 unspecified atom stereocenters. The van der Waals surface area contributed by atoms with E-state index < -0.39 is 0 Å². The molecule has 0 saturated carbocycles. The van der Waals surface area contributed by atoms with Crippen LogP contribution in [0.2, 0.25) is 0 Å². The third kappa shape index (κ3) is 6.32. The number of halogens is 2. The normalized spacial score (nSPS) is 22.1. The maximum Gasteiger partial charge on any atom is 0.220 e. The summed E-state index contributed by atoms with van der Waals surface area (Å²) >= 11 is 0. The first-order chi connectivity index (χ1) is 11.6. The molecule has 1 aromatic heterocycles. The van der Waals surface area contributed by atoms with Crippen molar-refractivity contribution in [3.05, 3.63) is 12.4 Å². The van der Waals surface area contributed by atoms with Crippen molar-refractivity contribution >= 4 is 36.4 Å². The molecule has 2 aliphatic heterocycles.